The van der Waals surface area contributed by atoms with Crippen LogP contribution in [0, 0.1) is 5.92 Å². The van der Waals surface area contributed by atoms with Crippen LogP contribution in [0.15, 0.2) is 5.38 Å². The molecule has 1 aliphatic rings. The SMILES string of the molecule is CC(C)[C@@H](CO)NC(=O)c1csc2c1CCCC2. The summed E-state index contributed by atoms with van der Waals surface area (Å²) < 4.78 is 0. The Labute approximate surface area is 112 Å². The largest absolute Gasteiger partial charge is 0.394 e. The highest BCUT2D eigenvalue weighted by molar-refractivity contribution is 7.10. The van der Waals surface area contributed by atoms with E-state index in [0.29, 0.717) is 0 Å². The lowest BCUT2D eigenvalue weighted by atomic mass is 9.95. The van der Waals surface area contributed by atoms with Crippen LogP contribution >= 0.6 is 11.3 Å². The van der Waals surface area contributed by atoms with Gasteiger partial charge in [0.1, 0.15) is 0 Å². The Morgan fingerprint density at radius 1 is 1.44 bits per heavy atom. The Morgan fingerprint density at radius 2 is 2.17 bits per heavy atom. The van der Waals surface area contributed by atoms with Gasteiger partial charge in [-0.05, 0) is 37.2 Å². The minimum Gasteiger partial charge on any atom is -0.394 e. The Balaban J connectivity index is 2.11. The van der Waals surface area contributed by atoms with Gasteiger partial charge in [-0.2, -0.15) is 0 Å². The van der Waals surface area contributed by atoms with Gasteiger partial charge >= 0.3 is 0 Å². The van der Waals surface area contributed by atoms with E-state index >= 15 is 0 Å². The van der Waals surface area contributed by atoms with Crippen LogP contribution < -0.4 is 5.32 Å². The number of aliphatic hydroxyl groups excluding tert-OH is 1. The molecule has 3 nitrogen and oxygen atoms in total. The molecule has 1 aromatic rings. The van der Waals surface area contributed by atoms with Crippen molar-refractivity contribution in [2.24, 2.45) is 5.92 Å². The molecule has 1 atom stereocenters. The van der Waals surface area contributed by atoms with Crippen LogP contribution in [-0.2, 0) is 12.8 Å². The van der Waals surface area contributed by atoms with E-state index in [1.807, 2.05) is 19.2 Å². The van der Waals surface area contributed by atoms with Gasteiger partial charge in [-0.3, -0.25) is 4.79 Å². The highest BCUT2D eigenvalue weighted by atomic mass is 32.1. The lowest BCUT2D eigenvalue weighted by Gasteiger charge is -2.20. The summed E-state index contributed by atoms with van der Waals surface area (Å²) in [7, 11) is 0. The van der Waals surface area contributed by atoms with Crippen LogP contribution in [0.1, 0.15) is 47.5 Å². The number of aliphatic hydroxyl groups is 1. The predicted molar refractivity (Wildman–Crippen MR) is 74.1 cm³/mol. The third-order valence-corrected chi connectivity index (χ3v) is 4.71. The first kappa shape index (κ1) is 13.6. The summed E-state index contributed by atoms with van der Waals surface area (Å²) in [5, 5.41) is 14.2. The fourth-order valence-corrected chi connectivity index (χ4v) is 3.48. The van der Waals surface area contributed by atoms with Crippen molar-refractivity contribution < 1.29 is 9.90 Å². The van der Waals surface area contributed by atoms with Crippen molar-refractivity contribution >= 4 is 17.2 Å². The van der Waals surface area contributed by atoms with Gasteiger partial charge in [0.05, 0.1) is 18.2 Å². The monoisotopic (exact) mass is 267 g/mol. The van der Waals surface area contributed by atoms with Crippen LogP contribution in [0.25, 0.3) is 0 Å². The lowest BCUT2D eigenvalue weighted by molar-refractivity contribution is 0.0896. The van der Waals surface area contributed by atoms with Crippen molar-refractivity contribution in [3.05, 3.63) is 21.4 Å². The molecule has 0 bridgehead atoms. The minimum atomic E-state index is -0.156. The highest BCUT2D eigenvalue weighted by Crippen LogP contribution is 2.30. The molecule has 1 aliphatic carbocycles. The maximum absolute atomic E-state index is 12.2. The van der Waals surface area contributed by atoms with Crippen molar-refractivity contribution in [1.29, 1.82) is 0 Å². The third kappa shape index (κ3) is 2.75. The molecule has 0 spiro atoms. The molecule has 100 valence electrons. The van der Waals surface area contributed by atoms with Crippen molar-refractivity contribution in [2.45, 2.75) is 45.6 Å². The zero-order valence-electron chi connectivity index (χ0n) is 11.0. The molecule has 0 radical (unpaired) electrons. The normalized spacial score (nSPS) is 16.4. The quantitative estimate of drug-likeness (QED) is 0.880. The maximum Gasteiger partial charge on any atom is 0.252 e. The zero-order chi connectivity index (χ0) is 13.1. The number of nitrogens with one attached hydrogen (secondary N) is 1. The summed E-state index contributed by atoms with van der Waals surface area (Å²) in [5.74, 6) is 0.218. The molecule has 1 amide bonds. The van der Waals surface area contributed by atoms with E-state index in [0.717, 1.165) is 18.4 Å². The van der Waals surface area contributed by atoms with E-state index in [2.05, 4.69) is 5.32 Å². The van der Waals surface area contributed by atoms with Crippen LogP contribution in [0.2, 0.25) is 0 Å². The second-order valence-electron chi connectivity index (χ2n) is 5.26. The molecule has 0 saturated carbocycles. The van der Waals surface area contributed by atoms with Crippen LogP contribution in [0.3, 0.4) is 0 Å². The number of hydrogen-bond donors (Lipinski definition) is 2. The van der Waals surface area contributed by atoms with Gasteiger partial charge < -0.3 is 10.4 Å². The molecule has 2 rings (SSSR count). The number of carbonyl (C=O) groups excluding carboxylic acids is 1. The van der Waals surface area contributed by atoms with Crippen LogP contribution in [0.5, 0.6) is 0 Å². The molecule has 2 N–H and O–H groups in total. The average Bonchev–Trinajstić information content (AvgIpc) is 2.79. The molecular weight excluding hydrogens is 246 g/mol. The fourth-order valence-electron chi connectivity index (χ4n) is 2.35. The fraction of sp³-hybridized carbons (Fsp3) is 0.643. The first-order chi connectivity index (χ1) is 8.63. The van der Waals surface area contributed by atoms with E-state index in [1.165, 1.54) is 23.3 Å². The van der Waals surface area contributed by atoms with Crippen LogP contribution in [-0.4, -0.2) is 23.7 Å². The van der Waals surface area contributed by atoms with Gasteiger partial charge in [-0.15, -0.1) is 11.3 Å². The van der Waals surface area contributed by atoms with E-state index in [1.54, 1.807) is 11.3 Å². The summed E-state index contributed by atoms with van der Waals surface area (Å²) in [4.78, 5) is 13.6. The first-order valence-corrected chi connectivity index (χ1v) is 7.52. The first-order valence-electron chi connectivity index (χ1n) is 6.64. The molecule has 0 fully saturated rings. The number of thiophene rings is 1. The van der Waals surface area contributed by atoms with Crippen molar-refractivity contribution in [1.82, 2.24) is 5.32 Å². The number of aryl methyl sites for hydroxylation is 1. The molecule has 1 aromatic heterocycles. The molecule has 0 aromatic carbocycles. The van der Waals surface area contributed by atoms with Gasteiger partial charge in [0.25, 0.3) is 5.91 Å². The average molecular weight is 267 g/mol. The van der Waals surface area contributed by atoms with Gasteiger partial charge in [0.15, 0.2) is 0 Å². The third-order valence-electron chi connectivity index (χ3n) is 3.62. The molecular formula is C14H21NO2S. The zero-order valence-corrected chi connectivity index (χ0v) is 11.8. The van der Waals surface area contributed by atoms with E-state index < -0.39 is 0 Å². The van der Waals surface area contributed by atoms with Crippen molar-refractivity contribution in [2.75, 3.05) is 6.61 Å². The topological polar surface area (TPSA) is 49.3 Å². The highest BCUT2D eigenvalue weighted by Gasteiger charge is 2.22. The predicted octanol–water partition coefficient (Wildman–Crippen LogP) is 2.37. The summed E-state index contributed by atoms with van der Waals surface area (Å²) in [6, 6.07) is -0.156. The summed E-state index contributed by atoms with van der Waals surface area (Å²) in [5.41, 5.74) is 2.07. The Kier molecular flexibility index (Phi) is 4.40. The number of amides is 1. The molecule has 0 aliphatic heterocycles. The summed E-state index contributed by atoms with van der Waals surface area (Å²) in [6.07, 6.45) is 4.55. The Morgan fingerprint density at radius 3 is 2.83 bits per heavy atom. The number of hydrogen-bond acceptors (Lipinski definition) is 3. The lowest BCUT2D eigenvalue weighted by Crippen LogP contribution is -2.41. The second-order valence-corrected chi connectivity index (χ2v) is 6.23. The molecule has 1 heterocycles. The minimum absolute atomic E-state index is 0.00423. The van der Waals surface area contributed by atoms with E-state index in [4.69, 9.17) is 0 Å². The van der Waals surface area contributed by atoms with Gasteiger partial charge in [0.2, 0.25) is 0 Å². The summed E-state index contributed by atoms with van der Waals surface area (Å²) >= 11 is 1.70. The van der Waals surface area contributed by atoms with Gasteiger partial charge in [-0.25, -0.2) is 0 Å². The molecule has 4 heteroatoms. The standard InChI is InChI=1S/C14H21NO2S/c1-9(2)12(7-16)15-14(17)11-8-18-13-6-4-3-5-10(11)13/h8-9,12,16H,3-7H2,1-2H3,(H,15,17)/t12-/m1/s1. The van der Waals surface area contributed by atoms with Gasteiger partial charge in [-0.1, -0.05) is 13.8 Å². The van der Waals surface area contributed by atoms with Gasteiger partial charge in [0, 0.05) is 10.3 Å². The Bertz CT molecular complexity index is 425. The number of carbonyl (C=O) groups is 1. The smallest absolute Gasteiger partial charge is 0.252 e. The van der Waals surface area contributed by atoms with E-state index in [-0.39, 0.29) is 24.5 Å². The number of rotatable bonds is 4. The maximum atomic E-state index is 12.2. The molecule has 0 saturated heterocycles. The summed E-state index contributed by atoms with van der Waals surface area (Å²) in [6.45, 7) is 4.00. The van der Waals surface area contributed by atoms with Crippen molar-refractivity contribution in [3.63, 3.8) is 0 Å². The number of fused-ring (bicyclic) bond motifs is 1. The Hall–Kier alpha value is -0.870. The van der Waals surface area contributed by atoms with Crippen molar-refractivity contribution in [3.8, 4) is 0 Å². The second kappa shape index (κ2) is 5.85. The molecule has 0 unspecified atom stereocenters. The van der Waals surface area contributed by atoms with Crippen LogP contribution in [0.4, 0.5) is 0 Å². The molecule has 18 heavy (non-hydrogen) atoms. The van der Waals surface area contributed by atoms with E-state index in [9.17, 15) is 9.90 Å².